The molecular formula is C33H32Cl2N6O2S. The van der Waals surface area contributed by atoms with E-state index >= 15 is 0 Å². The van der Waals surface area contributed by atoms with Crippen molar-refractivity contribution in [3.05, 3.63) is 91.9 Å². The predicted octanol–water partition coefficient (Wildman–Crippen LogP) is 6.71. The molecule has 2 fully saturated rings. The smallest absolute Gasteiger partial charge is 0.315 e. The summed E-state index contributed by atoms with van der Waals surface area (Å²) < 4.78 is 1.67. The molecule has 226 valence electrons. The highest BCUT2D eigenvalue weighted by Crippen LogP contribution is 2.36. The normalized spacial score (nSPS) is 14.9. The van der Waals surface area contributed by atoms with Gasteiger partial charge in [-0.3, -0.25) is 10.2 Å². The van der Waals surface area contributed by atoms with Gasteiger partial charge in [0.15, 0.2) is 5.69 Å². The highest BCUT2D eigenvalue weighted by molar-refractivity contribution is 7.16. The van der Waals surface area contributed by atoms with Gasteiger partial charge in [0, 0.05) is 41.8 Å². The van der Waals surface area contributed by atoms with Gasteiger partial charge in [-0.15, -0.1) is 11.3 Å². The Bertz CT molecular complexity index is 1740. The first-order valence-electron chi connectivity index (χ1n) is 14.7. The number of urea groups is 1. The highest BCUT2D eigenvalue weighted by atomic mass is 35.5. The van der Waals surface area contributed by atoms with Gasteiger partial charge in [0.05, 0.1) is 26.2 Å². The second-order valence-electron chi connectivity index (χ2n) is 11.1. The summed E-state index contributed by atoms with van der Waals surface area (Å²) in [5.41, 5.74) is 7.14. The number of nitrogens with zero attached hydrogens (tertiary/aromatic N) is 3. The van der Waals surface area contributed by atoms with Crippen molar-refractivity contribution in [3.63, 3.8) is 0 Å². The van der Waals surface area contributed by atoms with E-state index < -0.39 is 0 Å². The molecule has 3 heterocycles. The molecule has 0 radical (unpaired) electrons. The number of piperidine rings is 1. The number of carbonyl (C=O) groups excluding carboxylic acids is 2. The molecule has 8 nitrogen and oxygen atoms in total. The Morgan fingerprint density at radius 2 is 1.77 bits per heavy atom. The number of nitrogens with one attached hydrogen (secondary N) is 3. The van der Waals surface area contributed by atoms with E-state index in [9.17, 15) is 9.59 Å². The Labute approximate surface area is 270 Å². The second-order valence-corrected chi connectivity index (χ2v) is 13.0. The zero-order valence-electron chi connectivity index (χ0n) is 24.3. The third-order valence-electron chi connectivity index (χ3n) is 7.51. The average molecular weight is 648 g/mol. The molecule has 0 unspecified atom stereocenters. The van der Waals surface area contributed by atoms with Crippen LogP contribution in [-0.2, 0) is 6.54 Å². The summed E-state index contributed by atoms with van der Waals surface area (Å²) in [6.45, 7) is 3.67. The summed E-state index contributed by atoms with van der Waals surface area (Å²) in [6, 6.07) is 17.0. The Hall–Kier alpha value is -3.81. The van der Waals surface area contributed by atoms with Crippen molar-refractivity contribution in [2.45, 2.75) is 51.6 Å². The number of hydrogen-bond donors (Lipinski definition) is 3. The molecule has 2 aliphatic rings. The van der Waals surface area contributed by atoms with Crippen LogP contribution in [0, 0.1) is 18.8 Å². The zero-order chi connectivity index (χ0) is 30.6. The molecule has 3 amide bonds. The minimum atomic E-state index is -0.340. The predicted molar refractivity (Wildman–Crippen MR) is 175 cm³/mol. The Balaban J connectivity index is 1.42. The van der Waals surface area contributed by atoms with Crippen LogP contribution in [0.5, 0.6) is 0 Å². The minimum absolute atomic E-state index is 0.0874. The lowest BCUT2D eigenvalue weighted by atomic mass is 10.1. The lowest BCUT2D eigenvalue weighted by molar-refractivity contribution is 0.0743. The van der Waals surface area contributed by atoms with E-state index in [-0.39, 0.29) is 30.2 Å². The first kappa shape index (κ1) is 30.2. The lowest BCUT2D eigenvalue weighted by Gasteiger charge is -2.26. The van der Waals surface area contributed by atoms with Gasteiger partial charge in [-0.05, 0) is 75.1 Å². The van der Waals surface area contributed by atoms with Crippen LogP contribution >= 0.6 is 34.5 Å². The Morgan fingerprint density at radius 1 is 1.00 bits per heavy atom. The zero-order valence-corrected chi connectivity index (χ0v) is 26.6. The molecular weight excluding hydrogens is 615 g/mol. The fraction of sp³-hybridized carbons (Fsp3) is 0.303. The third kappa shape index (κ3) is 7.28. The molecule has 3 N–H and O–H groups in total. The van der Waals surface area contributed by atoms with E-state index in [1.165, 1.54) is 16.9 Å². The van der Waals surface area contributed by atoms with Crippen molar-refractivity contribution in [3.8, 4) is 28.1 Å². The number of hydrazine groups is 1. The monoisotopic (exact) mass is 646 g/mol. The summed E-state index contributed by atoms with van der Waals surface area (Å²) in [6.07, 6.45) is 5.10. The maximum atomic E-state index is 13.8. The summed E-state index contributed by atoms with van der Waals surface area (Å²) in [5, 5.41) is 13.5. The van der Waals surface area contributed by atoms with Crippen LogP contribution in [0.25, 0.3) is 16.3 Å². The molecule has 0 atom stereocenters. The van der Waals surface area contributed by atoms with Crippen LogP contribution in [0.1, 0.15) is 64.2 Å². The molecule has 4 aromatic rings. The van der Waals surface area contributed by atoms with Gasteiger partial charge in [0.1, 0.15) is 0 Å². The number of halogens is 2. The minimum Gasteiger partial charge on any atom is -0.335 e. The standard InChI is InChI=1S/C33H32Cl2N6O2S/c1-21-5-7-22(8-6-21)9-13-25-14-16-29(44-25)31-26(20-36-33(43)37-24-11-12-24)30(32(42)39-40-17-3-2-4-18-40)38-41(31)28-15-10-23(34)19-27(28)35/h5-8,10,14-16,19,24H,2-4,11-12,17-18,20H2,1H3,(H,39,42)(H2,36,37,43). The van der Waals surface area contributed by atoms with Crippen molar-refractivity contribution in [1.29, 1.82) is 0 Å². The Kier molecular flexibility index (Phi) is 9.24. The number of amides is 3. The lowest BCUT2D eigenvalue weighted by Crippen LogP contribution is -2.45. The van der Waals surface area contributed by atoms with E-state index in [2.05, 4.69) is 27.9 Å². The molecule has 1 saturated heterocycles. The number of aromatic nitrogens is 2. The first-order chi connectivity index (χ1) is 21.3. The van der Waals surface area contributed by atoms with Gasteiger partial charge in [-0.25, -0.2) is 14.5 Å². The first-order valence-corrected chi connectivity index (χ1v) is 16.3. The van der Waals surface area contributed by atoms with E-state index in [4.69, 9.17) is 28.3 Å². The van der Waals surface area contributed by atoms with Crippen LogP contribution in [0.15, 0.2) is 54.6 Å². The van der Waals surface area contributed by atoms with Gasteiger partial charge in [-0.1, -0.05) is 59.2 Å². The SMILES string of the molecule is Cc1ccc(C#Cc2ccc(-c3c(CNC(=O)NC4CC4)c(C(=O)NN4CCCCC4)nn3-c3ccc(Cl)cc3Cl)s2)cc1. The van der Waals surface area contributed by atoms with Crippen LogP contribution in [0.2, 0.25) is 10.0 Å². The van der Waals surface area contributed by atoms with E-state index in [0.29, 0.717) is 27.0 Å². The molecule has 2 aromatic heterocycles. The average Bonchev–Trinajstić information content (AvgIpc) is 3.56. The van der Waals surface area contributed by atoms with Gasteiger partial charge in [0.2, 0.25) is 0 Å². The molecule has 0 bridgehead atoms. The molecule has 11 heteroatoms. The molecule has 0 spiro atoms. The van der Waals surface area contributed by atoms with Gasteiger partial charge < -0.3 is 10.6 Å². The highest BCUT2D eigenvalue weighted by Gasteiger charge is 2.29. The van der Waals surface area contributed by atoms with Gasteiger partial charge >= 0.3 is 6.03 Å². The number of aryl methyl sites for hydroxylation is 1. The number of rotatable bonds is 7. The molecule has 44 heavy (non-hydrogen) atoms. The van der Waals surface area contributed by atoms with Crippen molar-refractivity contribution >= 4 is 46.5 Å². The maximum absolute atomic E-state index is 13.8. The summed E-state index contributed by atoms with van der Waals surface area (Å²) in [7, 11) is 0. The molecule has 1 saturated carbocycles. The van der Waals surface area contributed by atoms with E-state index in [1.54, 1.807) is 22.9 Å². The Morgan fingerprint density at radius 3 is 2.50 bits per heavy atom. The van der Waals surface area contributed by atoms with E-state index in [0.717, 1.165) is 60.5 Å². The number of hydrogen-bond acceptors (Lipinski definition) is 5. The van der Waals surface area contributed by atoms with E-state index in [1.807, 2.05) is 48.3 Å². The molecule has 2 aromatic carbocycles. The van der Waals surface area contributed by atoms with Crippen molar-refractivity contribution < 1.29 is 9.59 Å². The van der Waals surface area contributed by atoms with Crippen molar-refractivity contribution in [2.24, 2.45) is 0 Å². The van der Waals surface area contributed by atoms with Gasteiger partial charge in [-0.2, -0.15) is 5.10 Å². The van der Waals surface area contributed by atoms with Crippen LogP contribution in [0.3, 0.4) is 0 Å². The fourth-order valence-electron chi connectivity index (χ4n) is 5.02. The number of carbonyl (C=O) groups is 2. The van der Waals surface area contributed by atoms with Gasteiger partial charge in [0.25, 0.3) is 5.91 Å². The van der Waals surface area contributed by atoms with Crippen molar-refractivity contribution in [1.82, 2.24) is 30.8 Å². The number of benzene rings is 2. The van der Waals surface area contributed by atoms with Crippen LogP contribution < -0.4 is 16.1 Å². The maximum Gasteiger partial charge on any atom is 0.315 e. The fourth-order valence-corrected chi connectivity index (χ4v) is 6.42. The van der Waals surface area contributed by atoms with Crippen LogP contribution in [-0.4, -0.2) is 45.9 Å². The topological polar surface area (TPSA) is 91.3 Å². The summed E-state index contributed by atoms with van der Waals surface area (Å²) in [5.74, 6) is 6.15. The van der Waals surface area contributed by atoms with Crippen molar-refractivity contribution in [2.75, 3.05) is 13.1 Å². The molecule has 6 rings (SSSR count). The summed E-state index contributed by atoms with van der Waals surface area (Å²) >= 11 is 14.4. The second kappa shape index (κ2) is 13.4. The quantitative estimate of drug-likeness (QED) is 0.195. The third-order valence-corrected chi connectivity index (χ3v) is 9.06. The molecule has 1 aliphatic carbocycles. The number of thiophene rings is 1. The molecule has 1 aliphatic heterocycles. The summed E-state index contributed by atoms with van der Waals surface area (Å²) in [4.78, 5) is 28.2. The van der Waals surface area contributed by atoms with Crippen LogP contribution in [0.4, 0.5) is 4.79 Å². The largest absolute Gasteiger partial charge is 0.335 e.